The lowest BCUT2D eigenvalue weighted by molar-refractivity contribution is 0.686. The fourth-order valence-corrected chi connectivity index (χ4v) is 2.47. The van der Waals surface area contributed by atoms with Gasteiger partial charge in [-0.25, -0.2) is 0 Å². The Labute approximate surface area is 107 Å². The molecule has 15 heavy (non-hydrogen) atoms. The van der Waals surface area contributed by atoms with Crippen LogP contribution in [0, 0.1) is 6.92 Å². The maximum Gasteiger partial charge on any atom is 0.0467 e. The monoisotopic (exact) mass is 263 g/mol. The first kappa shape index (κ1) is 13.2. The molecular weight excluding hydrogens is 250 g/mol. The van der Waals surface area contributed by atoms with Crippen molar-refractivity contribution in [3.05, 3.63) is 39.7 Å². The van der Waals surface area contributed by atoms with Crippen molar-refractivity contribution >= 4 is 34.8 Å². The van der Waals surface area contributed by atoms with Crippen LogP contribution < -0.4 is 0 Å². The van der Waals surface area contributed by atoms with E-state index in [1.165, 1.54) is 6.42 Å². The highest BCUT2D eigenvalue weighted by Crippen LogP contribution is 2.30. The van der Waals surface area contributed by atoms with Crippen LogP contribution in [0.2, 0.25) is 15.1 Å². The lowest BCUT2D eigenvalue weighted by atomic mass is 10.1. The quantitative estimate of drug-likeness (QED) is 0.609. The molecule has 1 aromatic carbocycles. The molecule has 1 aromatic rings. The summed E-state index contributed by atoms with van der Waals surface area (Å²) in [5.41, 5.74) is 1.01. The fourth-order valence-electron chi connectivity index (χ4n) is 1.47. The average molecular weight is 265 g/mol. The molecule has 0 fully saturated rings. The second kappa shape index (κ2) is 6.62. The maximum absolute atomic E-state index is 6.07. The van der Waals surface area contributed by atoms with Gasteiger partial charge in [-0.2, -0.15) is 0 Å². The second-order valence-electron chi connectivity index (χ2n) is 3.51. The van der Waals surface area contributed by atoms with Crippen molar-refractivity contribution in [3.63, 3.8) is 0 Å². The summed E-state index contributed by atoms with van der Waals surface area (Å²) in [7, 11) is 0. The van der Waals surface area contributed by atoms with E-state index in [1.54, 1.807) is 12.1 Å². The van der Waals surface area contributed by atoms with Gasteiger partial charge in [0.15, 0.2) is 0 Å². The third-order valence-corrected chi connectivity index (χ3v) is 3.18. The topological polar surface area (TPSA) is 0 Å². The van der Waals surface area contributed by atoms with E-state index >= 15 is 0 Å². The lowest BCUT2D eigenvalue weighted by Crippen LogP contribution is -1.89. The number of hydrogen-bond acceptors (Lipinski definition) is 0. The Balaban J connectivity index is 2.60. The van der Waals surface area contributed by atoms with Crippen LogP contribution in [0.1, 0.15) is 31.2 Å². The molecule has 0 aliphatic heterocycles. The molecule has 0 heterocycles. The van der Waals surface area contributed by atoms with Gasteiger partial charge in [0.1, 0.15) is 0 Å². The zero-order valence-corrected chi connectivity index (χ0v) is 10.8. The molecule has 0 aliphatic carbocycles. The molecule has 83 valence electrons. The molecule has 0 spiro atoms. The first-order valence-corrected chi connectivity index (χ1v) is 6.21. The van der Waals surface area contributed by atoms with Crippen LogP contribution in [0.25, 0.3) is 0 Å². The van der Waals surface area contributed by atoms with Gasteiger partial charge in [0.25, 0.3) is 0 Å². The maximum atomic E-state index is 6.07. The lowest BCUT2D eigenvalue weighted by Gasteiger charge is -2.07. The molecule has 3 heteroatoms. The molecule has 0 amide bonds. The van der Waals surface area contributed by atoms with Crippen LogP contribution in [-0.4, -0.2) is 0 Å². The van der Waals surface area contributed by atoms with Crippen molar-refractivity contribution in [1.29, 1.82) is 0 Å². The molecule has 0 N–H and O–H groups in total. The van der Waals surface area contributed by atoms with E-state index in [-0.39, 0.29) is 0 Å². The van der Waals surface area contributed by atoms with E-state index in [0.29, 0.717) is 15.1 Å². The summed E-state index contributed by atoms with van der Waals surface area (Å²) >= 11 is 18.0. The second-order valence-corrected chi connectivity index (χ2v) is 4.76. The molecule has 0 unspecified atom stereocenters. The Kier molecular flexibility index (Phi) is 5.81. The first-order chi connectivity index (χ1) is 7.15. The van der Waals surface area contributed by atoms with Gasteiger partial charge in [-0.15, -0.1) is 0 Å². The molecule has 0 saturated heterocycles. The van der Waals surface area contributed by atoms with Crippen molar-refractivity contribution in [3.8, 4) is 0 Å². The standard InChI is InChI=1S/C12H14Cl3/c1-2-3-4-5-6-10-11(14)7-9(13)8-12(10)15/h7-8H,1-6H2. The summed E-state index contributed by atoms with van der Waals surface area (Å²) in [4.78, 5) is 0. The van der Waals surface area contributed by atoms with Crippen molar-refractivity contribution in [2.24, 2.45) is 0 Å². The van der Waals surface area contributed by atoms with Crippen LogP contribution in [0.5, 0.6) is 0 Å². The van der Waals surface area contributed by atoms with Gasteiger partial charge in [0, 0.05) is 15.1 Å². The van der Waals surface area contributed by atoms with E-state index in [1.807, 2.05) is 0 Å². The molecule has 0 aliphatic rings. The van der Waals surface area contributed by atoms with Gasteiger partial charge >= 0.3 is 0 Å². The van der Waals surface area contributed by atoms with Gasteiger partial charge in [0.2, 0.25) is 0 Å². The van der Waals surface area contributed by atoms with E-state index in [2.05, 4.69) is 6.92 Å². The van der Waals surface area contributed by atoms with E-state index in [0.717, 1.165) is 31.2 Å². The Morgan fingerprint density at radius 1 is 0.933 bits per heavy atom. The van der Waals surface area contributed by atoms with Crippen LogP contribution in [0.3, 0.4) is 0 Å². The number of unbranched alkanes of at least 4 members (excludes halogenated alkanes) is 3. The van der Waals surface area contributed by atoms with Crippen LogP contribution in [0.4, 0.5) is 0 Å². The van der Waals surface area contributed by atoms with Crippen LogP contribution in [0.15, 0.2) is 12.1 Å². The van der Waals surface area contributed by atoms with E-state index in [9.17, 15) is 0 Å². The highest BCUT2D eigenvalue weighted by molar-refractivity contribution is 6.39. The Morgan fingerprint density at radius 3 is 2.07 bits per heavy atom. The minimum absolute atomic E-state index is 0.589. The number of halogens is 3. The normalized spacial score (nSPS) is 10.7. The van der Waals surface area contributed by atoms with Crippen molar-refractivity contribution < 1.29 is 0 Å². The largest absolute Gasteiger partial charge is 0.0842 e. The smallest absolute Gasteiger partial charge is 0.0467 e. The van der Waals surface area contributed by atoms with Gasteiger partial charge < -0.3 is 0 Å². The summed E-state index contributed by atoms with van der Waals surface area (Å²) in [6, 6.07) is 3.48. The summed E-state index contributed by atoms with van der Waals surface area (Å²) in [5.74, 6) is 0. The summed E-state index contributed by atoms with van der Waals surface area (Å²) in [6.07, 6.45) is 5.31. The summed E-state index contributed by atoms with van der Waals surface area (Å²) < 4.78 is 0. The molecule has 0 atom stereocenters. The van der Waals surface area contributed by atoms with Crippen LogP contribution in [-0.2, 0) is 6.42 Å². The molecule has 0 bridgehead atoms. The third kappa shape index (κ3) is 4.22. The van der Waals surface area contributed by atoms with Crippen LogP contribution >= 0.6 is 34.8 Å². The predicted octanol–water partition coefficient (Wildman–Crippen LogP) is 5.58. The summed E-state index contributed by atoms with van der Waals surface area (Å²) in [5, 5.41) is 1.93. The molecule has 1 radical (unpaired) electrons. The molecule has 0 aromatic heterocycles. The van der Waals surface area contributed by atoms with Gasteiger partial charge in [-0.3, -0.25) is 0 Å². The van der Waals surface area contributed by atoms with E-state index in [4.69, 9.17) is 34.8 Å². The first-order valence-electron chi connectivity index (χ1n) is 5.08. The minimum atomic E-state index is 0.589. The Morgan fingerprint density at radius 2 is 1.53 bits per heavy atom. The van der Waals surface area contributed by atoms with Gasteiger partial charge in [-0.05, 0) is 30.5 Å². The highest BCUT2D eigenvalue weighted by Gasteiger charge is 2.07. The molecule has 0 saturated carbocycles. The van der Waals surface area contributed by atoms with Crippen molar-refractivity contribution in [2.75, 3.05) is 0 Å². The minimum Gasteiger partial charge on any atom is -0.0842 e. The van der Waals surface area contributed by atoms with E-state index < -0.39 is 0 Å². The molecule has 1 rings (SSSR count). The Bertz CT molecular complexity index is 298. The number of hydrogen-bond donors (Lipinski definition) is 0. The number of rotatable bonds is 5. The predicted molar refractivity (Wildman–Crippen MR) is 69.0 cm³/mol. The zero-order chi connectivity index (χ0) is 11.3. The number of benzene rings is 1. The Hall–Kier alpha value is 0.0900. The fraction of sp³-hybridized carbons (Fsp3) is 0.417. The highest BCUT2D eigenvalue weighted by atomic mass is 35.5. The van der Waals surface area contributed by atoms with Crippen molar-refractivity contribution in [1.82, 2.24) is 0 Å². The molecular formula is C12H14Cl3. The van der Waals surface area contributed by atoms with Crippen molar-refractivity contribution in [2.45, 2.75) is 32.1 Å². The average Bonchev–Trinajstić information content (AvgIpc) is 2.15. The molecule has 0 nitrogen and oxygen atoms in total. The summed E-state index contributed by atoms with van der Waals surface area (Å²) in [6.45, 7) is 3.81. The van der Waals surface area contributed by atoms with Gasteiger partial charge in [-0.1, -0.05) is 61.0 Å². The SMILES string of the molecule is [CH2]CCCCCc1c(Cl)cc(Cl)cc1Cl. The third-order valence-electron chi connectivity index (χ3n) is 2.28. The van der Waals surface area contributed by atoms with Gasteiger partial charge in [0.05, 0.1) is 0 Å². The zero-order valence-electron chi connectivity index (χ0n) is 8.53.